The lowest BCUT2D eigenvalue weighted by Gasteiger charge is -2.07. The summed E-state index contributed by atoms with van der Waals surface area (Å²) in [5, 5.41) is 8.82. The summed E-state index contributed by atoms with van der Waals surface area (Å²) in [5.41, 5.74) is 6.96. The molecule has 0 aliphatic heterocycles. The summed E-state index contributed by atoms with van der Waals surface area (Å²) in [6.07, 6.45) is 0. The van der Waals surface area contributed by atoms with Crippen molar-refractivity contribution < 1.29 is 4.74 Å². The van der Waals surface area contributed by atoms with Crippen LogP contribution in [0.4, 0.5) is 0 Å². The van der Waals surface area contributed by atoms with Crippen molar-refractivity contribution in [3.8, 4) is 11.8 Å². The summed E-state index contributed by atoms with van der Waals surface area (Å²) in [4.78, 5) is 0. The first-order chi connectivity index (χ1) is 6.22. The number of methoxy groups -OCH3 is 1. The molecule has 1 aromatic carbocycles. The fourth-order valence-corrected chi connectivity index (χ4v) is 1.97. The second kappa shape index (κ2) is 4.44. The lowest BCUT2D eigenvalue weighted by atomic mass is 10.1. The number of hydrogen-bond acceptors (Lipinski definition) is 3. The topological polar surface area (TPSA) is 59.0 Å². The lowest BCUT2D eigenvalue weighted by molar-refractivity contribution is 0.410. The molecule has 68 valence electrons. The number of benzene rings is 1. The molecule has 0 fully saturated rings. The third-order valence-corrected chi connectivity index (χ3v) is 2.46. The number of nitrogens with two attached hydrogens (primary N) is 1. The molecule has 0 atom stereocenters. The summed E-state index contributed by atoms with van der Waals surface area (Å²) < 4.78 is 6.01. The highest BCUT2D eigenvalue weighted by atomic mass is 127. The Hall–Kier alpha value is -0.800. The van der Waals surface area contributed by atoms with E-state index in [2.05, 4.69) is 28.7 Å². The van der Waals surface area contributed by atoms with E-state index in [1.165, 1.54) is 0 Å². The summed E-state index contributed by atoms with van der Waals surface area (Å²) in [6, 6.07) is 5.74. The molecule has 2 N–H and O–H groups in total. The molecule has 4 heteroatoms. The van der Waals surface area contributed by atoms with Crippen molar-refractivity contribution in [2.24, 2.45) is 5.73 Å². The SMILES string of the molecule is COc1c(I)cc(CN)cc1C#N. The number of ether oxygens (including phenoxy) is 1. The van der Waals surface area contributed by atoms with Gasteiger partial charge in [0.05, 0.1) is 16.2 Å². The van der Waals surface area contributed by atoms with Gasteiger partial charge in [-0.25, -0.2) is 0 Å². The van der Waals surface area contributed by atoms with Crippen molar-refractivity contribution in [2.45, 2.75) is 6.54 Å². The van der Waals surface area contributed by atoms with E-state index in [-0.39, 0.29) is 0 Å². The smallest absolute Gasteiger partial charge is 0.149 e. The number of rotatable bonds is 2. The van der Waals surface area contributed by atoms with E-state index in [1.54, 1.807) is 13.2 Å². The highest BCUT2D eigenvalue weighted by molar-refractivity contribution is 14.1. The van der Waals surface area contributed by atoms with Crippen LogP contribution in [0.15, 0.2) is 12.1 Å². The van der Waals surface area contributed by atoms with Gasteiger partial charge < -0.3 is 10.5 Å². The van der Waals surface area contributed by atoms with Crippen LogP contribution in [0.3, 0.4) is 0 Å². The van der Waals surface area contributed by atoms with Gasteiger partial charge in [0, 0.05) is 6.54 Å². The molecule has 13 heavy (non-hydrogen) atoms. The van der Waals surface area contributed by atoms with Crippen LogP contribution in [0, 0.1) is 14.9 Å². The molecule has 1 aromatic rings. The van der Waals surface area contributed by atoms with Gasteiger partial charge >= 0.3 is 0 Å². The molecule has 0 saturated carbocycles. The summed E-state index contributed by atoms with van der Waals surface area (Å²) in [7, 11) is 1.56. The number of nitrogens with zero attached hydrogens (tertiary/aromatic N) is 1. The van der Waals surface area contributed by atoms with Crippen molar-refractivity contribution in [1.29, 1.82) is 5.26 Å². The molecule has 1 rings (SSSR count). The molecule has 0 heterocycles. The highest BCUT2D eigenvalue weighted by Crippen LogP contribution is 2.26. The molecule has 0 unspecified atom stereocenters. The van der Waals surface area contributed by atoms with Crippen LogP contribution < -0.4 is 10.5 Å². The van der Waals surface area contributed by atoms with Gasteiger partial charge in [-0.15, -0.1) is 0 Å². The maximum atomic E-state index is 8.82. The highest BCUT2D eigenvalue weighted by Gasteiger charge is 2.08. The summed E-state index contributed by atoms with van der Waals surface area (Å²) in [6.45, 7) is 0.439. The van der Waals surface area contributed by atoms with E-state index in [1.807, 2.05) is 6.07 Å². The van der Waals surface area contributed by atoms with E-state index in [4.69, 9.17) is 15.7 Å². The van der Waals surface area contributed by atoms with E-state index in [0.717, 1.165) is 9.13 Å². The Kier molecular flexibility index (Phi) is 3.51. The lowest BCUT2D eigenvalue weighted by Crippen LogP contribution is -1.99. The van der Waals surface area contributed by atoms with Gasteiger partial charge in [-0.1, -0.05) is 0 Å². The molecule has 0 aromatic heterocycles. The minimum absolute atomic E-state index is 0.439. The second-order valence-corrected chi connectivity index (χ2v) is 3.64. The molecular formula is C9H9IN2O. The van der Waals surface area contributed by atoms with Crippen molar-refractivity contribution in [3.63, 3.8) is 0 Å². The molecule has 0 saturated heterocycles. The zero-order valence-corrected chi connectivity index (χ0v) is 9.33. The Morgan fingerprint density at radius 3 is 2.77 bits per heavy atom. The average Bonchev–Trinajstić information content (AvgIpc) is 2.16. The zero-order valence-electron chi connectivity index (χ0n) is 7.17. The molecule has 0 aliphatic carbocycles. The third kappa shape index (κ3) is 2.11. The Morgan fingerprint density at radius 1 is 1.62 bits per heavy atom. The Labute approximate surface area is 90.6 Å². The molecule has 0 aliphatic rings. The predicted octanol–water partition coefficient (Wildman–Crippen LogP) is 1.63. The van der Waals surface area contributed by atoms with Gasteiger partial charge in [0.2, 0.25) is 0 Å². The number of nitriles is 1. The molecule has 0 spiro atoms. The van der Waals surface area contributed by atoms with Crippen LogP contribution in [-0.2, 0) is 6.54 Å². The van der Waals surface area contributed by atoms with Crippen molar-refractivity contribution in [3.05, 3.63) is 26.8 Å². The fraction of sp³-hybridized carbons (Fsp3) is 0.222. The van der Waals surface area contributed by atoms with Crippen LogP contribution in [-0.4, -0.2) is 7.11 Å². The van der Waals surface area contributed by atoms with Crippen molar-refractivity contribution in [2.75, 3.05) is 7.11 Å². The van der Waals surface area contributed by atoms with E-state index < -0.39 is 0 Å². The Morgan fingerprint density at radius 2 is 2.31 bits per heavy atom. The second-order valence-electron chi connectivity index (χ2n) is 2.47. The van der Waals surface area contributed by atoms with Gasteiger partial charge in [0.1, 0.15) is 11.8 Å². The van der Waals surface area contributed by atoms with E-state index in [9.17, 15) is 0 Å². The van der Waals surface area contributed by atoms with Crippen LogP contribution in [0.1, 0.15) is 11.1 Å². The number of halogens is 1. The van der Waals surface area contributed by atoms with Crippen LogP contribution in [0.2, 0.25) is 0 Å². The van der Waals surface area contributed by atoms with E-state index >= 15 is 0 Å². The van der Waals surface area contributed by atoms with Gasteiger partial charge in [-0.2, -0.15) is 5.26 Å². The maximum Gasteiger partial charge on any atom is 0.149 e. The first-order valence-corrected chi connectivity index (χ1v) is 4.77. The van der Waals surface area contributed by atoms with Crippen molar-refractivity contribution in [1.82, 2.24) is 0 Å². The molecular weight excluding hydrogens is 279 g/mol. The van der Waals surface area contributed by atoms with Gasteiger partial charge in [0.15, 0.2) is 0 Å². The quantitative estimate of drug-likeness (QED) is 0.841. The normalized spacial score (nSPS) is 9.38. The monoisotopic (exact) mass is 288 g/mol. The van der Waals surface area contributed by atoms with Gasteiger partial charge in [0.25, 0.3) is 0 Å². The molecule has 0 radical (unpaired) electrons. The molecule has 3 nitrogen and oxygen atoms in total. The first-order valence-electron chi connectivity index (χ1n) is 3.69. The largest absolute Gasteiger partial charge is 0.494 e. The maximum absolute atomic E-state index is 8.82. The third-order valence-electron chi connectivity index (χ3n) is 1.66. The average molecular weight is 288 g/mol. The minimum atomic E-state index is 0.439. The van der Waals surface area contributed by atoms with Crippen LogP contribution in [0.5, 0.6) is 5.75 Å². The molecule has 0 bridgehead atoms. The minimum Gasteiger partial charge on any atom is -0.494 e. The standard InChI is InChI=1S/C9H9IN2O/c1-13-9-7(5-12)2-6(4-11)3-8(9)10/h2-3H,4,11H2,1H3. The van der Waals surface area contributed by atoms with Crippen molar-refractivity contribution >= 4 is 22.6 Å². The zero-order chi connectivity index (χ0) is 9.84. The fourth-order valence-electron chi connectivity index (χ4n) is 1.06. The van der Waals surface area contributed by atoms with Crippen LogP contribution in [0.25, 0.3) is 0 Å². The Balaban J connectivity index is 3.31. The van der Waals surface area contributed by atoms with Gasteiger partial charge in [-0.3, -0.25) is 0 Å². The Bertz CT molecular complexity index is 357. The van der Waals surface area contributed by atoms with Crippen LogP contribution >= 0.6 is 22.6 Å². The predicted molar refractivity (Wildman–Crippen MR) is 58.3 cm³/mol. The number of hydrogen-bond donors (Lipinski definition) is 1. The molecule has 0 amide bonds. The first kappa shape index (κ1) is 10.3. The summed E-state index contributed by atoms with van der Waals surface area (Å²) >= 11 is 2.13. The van der Waals surface area contributed by atoms with E-state index in [0.29, 0.717) is 17.9 Å². The van der Waals surface area contributed by atoms with Gasteiger partial charge in [-0.05, 0) is 40.3 Å². The summed E-state index contributed by atoms with van der Waals surface area (Å²) in [5.74, 6) is 0.625.